The molecule has 41 heavy (non-hydrogen) atoms. The van der Waals surface area contributed by atoms with Crippen LogP contribution in [0.1, 0.15) is 0 Å². The molecule has 0 amide bonds. The van der Waals surface area contributed by atoms with Crippen LogP contribution >= 0.6 is 14.3 Å². The van der Waals surface area contributed by atoms with Crippen molar-refractivity contribution in [2.24, 2.45) is 0 Å². The van der Waals surface area contributed by atoms with Crippen molar-refractivity contribution in [2.75, 3.05) is 0 Å². The summed E-state index contributed by atoms with van der Waals surface area (Å²) in [5, 5.41) is 5.24. The second kappa shape index (κ2) is 14.3. The largest absolute Gasteiger partial charge is 0.309 e. The Labute approximate surface area is 253 Å². The Morgan fingerprint density at radius 3 is 0.488 bits per heavy atom. The van der Waals surface area contributed by atoms with Gasteiger partial charge in [-0.1, -0.05) is 182 Å². The van der Waals surface area contributed by atoms with Gasteiger partial charge < -0.3 is 9.13 Å². The molecule has 6 rings (SSSR count). The van der Waals surface area contributed by atoms with E-state index in [2.05, 4.69) is 0 Å². The maximum absolute atomic E-state index is 13.8. The fraction of sp³-hybridized carbons (Fsp3) is 0. The smallest absolute Gasteiger partial charge is 0.171 e. The van der Waals surface area contributed by atoms with Gasteiger partial charge in [0.1, 0.15) is 0 Å². The summed E-state index contributed by atoms with van der Waals surface area (Å²) >= 11 is 0. The van der Waals surface area contributed by atoms with Gasteiger partial charge in [0.15, 0.2) is 14.3 Å². The van der Waals surface area contributed by atoms with Crippen LogP contribution < -0.4 is 31.8 Å². The first-order chi connectivity index (χ1) is 19.6. The molecular formula is C36H30CuO2P2. The SMILES string of the molecule is O=P(c1ccccc1)(c1ccccc1)c1ccccc1.O=P(c1ccccc1)(c1ccccc1)c1ccccc1.[Cu]. The Hall–Kier alpha value is -3.70. The minimum atomic E-state index is -2.78. The van der Waals surface area contributed by atoms with Gasteiger partial charge >= 0.3 is 0 Å². The first-order valence-electron chi connectivity index (χ1n) is 13.2. The zero-order chi connectivity index (χ0) is 27.7. The summed E-state index contributed by atoms with van der Waals surface area (Å²) in [7, 11) is -5.55. The molecule has 0 aromatic heterocycles. The number of hydrogen-bond donors (Lipinski definition) is 0. The van der Waals surface area contributed by atoms with Gasteiger partial charge in [0.25, 0.3) is 0 Å². The summed E-state index contributed by atoms with van der Waals surface area (Å²) in [6.45, 7) is 0. The van der Waals surface area contributed by atoms with E-state index < -0.39 is 14.3 Å². The molecule has 0 saturated carbocycles. The summed E-state index contributed by atoms with van der Waals surface area (Å²) in [6, 6.07) is 58.3. The van der Waals surface area contributed by atoms with Crippen LogP contribution in [0.4, 0.5) is 0 Å². The standard InChI is InChI=1S/2C18H15OP.Cu/c2*19-20(16-10-4-1-5-11-16,17-12-6-2-7-13-17)18-14-8-3-9-15-18;/h2*1-15H;. The third kappa shape index (κ3) is 6.62. The molecule has 1 radical (unpaired) electrons. The maximum atomic E-state index is 13.8. The van der Waals surface area contributed by atoms with Crippen LogP contribution in [-0.4, -0.2) is 0 Å². The minimum absolute atomic E-state index is 0. The van der Waals surface area contributed by atoms with Crippen molar-refractivity contribution < 1.29 is 26.2 Å². The van der Waals surface area contributed by atoms with E-state index in [4.69, 9.17) is 0 Å². The Bertz CT molecular complexity index is 1370. The molecule has 2 nitrogen and oxygen atoms in total. The van der Waals surface area contributed by atoms with Gasteiger partial charge in [-0.3, -0.25) is 0 Å². The topological polar surface area (TPSA) is 34.1 Å². The second-order valence-electron chi connectivity index (χ2n) is 9.23. The van der Waals surface area contributed by atoms with Gasteiger partial charge in [-0.15, -0.1) is 0 Å². The van der Waals surface area contributed by atoms with E-state index in [0.29, 0.717) is 0 Å². The molecular weight excluding hydrogens is 590 g/mol. The molecule has 0 N–H and O–H groups in total. The fourth-order valence-corrected chi connectivity index (χ4v) is 10.1. The summed E-state index contributed by atoms with van der Waals surface area (Å²) in [5.41, 5.74) is 0. The number of hydrogen-bond acceptors (Lipinski definition) is 2. The van der Waals surface area contributed by atoms with Gasteiger partial charge in [-0.25, -0.2) is 0 Å². The van der Waals surface area contributed by atoms with Crippen molar-refractivity contribution in [3.05, 3.63) is 182 Å². The van der Waals surface area contributed by atoms with E-state index in [1.807, 2.05) is 182 Å². The molecule has 0 saturated heterocycles. The molecule has 6 aromatic rings. The third-order valence-electron chi connectivity index (χ3n) is 6.72. The molecule has 207 valence electrons. The predicted molar refractivity (Wildman–Crippen MR) is 172 cm³/mol. The van der Waals surface area contributed by atoms with E-state index in [1.54, 1.807) is 0 Å². The Morgan fingerprint density at radius 1 is 0.244 bits per heavy atom. The monoisotopic (exact) mass is 619 g/mol. The molecule has 0 heterocycles. The molecule has 0 aliphatic carbocycles. The van der Waals surface area contributed by atoms with E-state index in [9.17, 15) is 9.13 Å². The first-order valence-corrected chi connectivity index (χ1v) is 16.6. The Kier molecular flexibility index (Phi) is 10.5. The Balaban J connectivity index is 0.000000184. The normalized spacial score (nSPS) is 10.9. The number of benzene rings is 6. The molecule has 0 unspecified atom stereocenters. The van der Waals surface area contributed by atoms with E-state index in [0.717, 1.165) is 31.8 Å². The quantitative estimate of drug-likeness (QED) is 0.155. The van der Waals surface area contributed by atoms with Gasteiger partial charge in [-0.2, -0.15) is 0 Å². The zero-order valence-corrected chi connectivity index (χ0v) is 25.1. The van der Waals surface area contributed by atoms with Crippen LogP contribution in [0.25, 0.3) is 0 Å². The van der Waals surface area contributed by atoms with Gasteiger partial charge in [-0.05, 0) is 0 Å². The fourth-order valence-electron chi connectivity index (χ4n) is 4.72. The van der Waals surface area contributed by atoms with Crippen LogP contribution in [0.2, 0.25) is 0 Å². The zero-order valence-electron chi connectivity index (χ0n) is 22.3. The summed E-state index contributed by atoms with van der Waals surface area (Å²) < 4.78 is 27.6. The summed E-state index contributed by atoms with van der Waals surface area (Å²) in [6.07, 6.45) is 0. The van der Waals surface area contributed by atoms with Crippen LogP contribution in [0.5, 0.6) is 0 Å². The van der Waals surface area contributed by atoms with Crippen molar-refractivity contribution >= 4 is 46.1 Å². The van der Waals surface area contributed by atoms with Crippen molar-refractivity contribution in [1.82, 2.24) is 0 Å². The van der Waals surface area contributed by atoms with Crippen molar-refractivity contribution in [1.29, 1.82) is 0 Å². The molecule has 0 aliphatic heterocycles. The van der Waals surface area contributed by atoms with Gasteiger partial charge in [0.05, 0.1) is 0 Å². The van der Waals surface area contributed by atoms with Crippen LogP contribution in [-0.2, 0) is 26.2 Å². The summed E-state index contributed by atoms with van der Waals surface area (Å²) in [5.74, 6) is 0. The minimum Gasteiger partial charge on any atom is -0.309 e. The second-order valence-corrected chi connectivity index (χ2v) is 14.8. The molecule has 6 aromatic carbocycles. The Morgan fingerprint density at radius 2 is 0.366 bits per heavy atom. The van der Waals surface area contributed by atoms with Gasteiger partial charge in [0.2, 0.25) is 0 Å². The molecule has 0 aliphatic rings. The van der Waals surface area contributed by atoms with Crippen molar-refractivity contribution in [2.45, 2.75) is 0 Å². The molecule has 0 atom stereocenters. The molecule has 5 heteroatoms. The van der Waals surface area contributed by atoms with Crippen LogP contribution in [0.3, 0.4) is 0 Å². The number of rotatable bonds is 6. The summed E-state index contributed by atoms with van der Waals surface area (Å²) in [4.78, 5) is 0. The average molecular weight is 620 g/mol. The molecule has 0 spiro atoms. The van der Waals surface area contributed by atoms with Crippen LogP contribution in [0, 0.1) is 0 Å². The van der Waals surface area contributed by atoms with E-state index in [1.165, 1.54) is 0 Å². The van der Waals surface area contributed by atoms with Crippen LogP contribution in [0.15, 0.2) is 182 Å². The van der Waals surface area contributed by atoms with Gasteiger partial charge in [0, 0.05) is 48.9 Å². The third-order valence-corrected chi connectivity index (χ3v) is 12.9. The maximum Gasteiger partial charge on any atom is 0.171 e. The van der Waals surface area contributed by atoms with E-state index in [-0.39, 0.29) is 17.1 Å². The van der Waals surface area contributed by atoms with Crippen molar-refractivity contribution in [3.63, 3.8) is 0 Å². The van der Waals surface area contributed by atoms with Crippen molar-refractivity contribution in [3.8, 4) is 0 Å². The molecule has 0 bridgehead atoms. The van der Waals surface area contributed by atoms with E-state index >= 15 is 0 Å². The molecule has 0 fully saturated rings. The predicted octanol–water partition coefficient (Wildman–Crippen LogP) is 6.65. The average Bonchev–Trinajstić information content (AvgIpc) is 3.07. The first kappa shape index (κ1) is 30.3.